The molecule has 1 aromatic heterocycles. The maximum atomic E-state index is 12.7. The zero-order valence-corrected chi connectivity index (χ0v) is 16.5. The number of carbonyl (C=O) groups excluding carboxylic acids is 2. The number of amides is 2. The molecule has 0 spiro atoms. The Morgan fingerprint density at radius 2 is 1.79 bits per heavy atom. The molecule has 2 amide bonds. The van der Waals surface area contributed by atoms with Crippen LogP contribution in [0, 0.1) is 10.1 Å². The van der Waals surface area contributed by atoms with Crippen molar-refractivity contribution in [3.63, 3.8) is 0 Å². The Labute approximate surface area is 182 Å². The van der Waals surface area contributed by atoms with Gasteiger partial charge in [-0.1, -0.05) is 18.2 Å². The third-order valence-corrected chi connectivity index (χ3v) is 4.42. The highest BCUT2D eigenvalue weighted by Crippen LogP contribution is 2.34. The van der Waals surface area contributed by atoms with E-state index in [2.05, 4.69) is 26.4 Å². The summed E-state index contributed by atoms with van der Waals surface area (Å²) in [6, 6.07) is 8.18. The monoisotopic (exact) mass is 464 g/mol. The van der Waals surface area contributed by atoms with Crippen LogP contribution in [0.1, 0.15) is 22.5 Å². The van der Waals surface area contributed by atoms with Crippen LogP contribution in [-0.2, 0) is 11.0 Å². The first-order valence-electron chi connectivity index (χ1n) is 9.24. The molecule has 0 atom stereocenters. The number of carbonyl (C=O) groups is 2. The van der Waals surface area contributed by atoms with E-state index in [1.54, 1.807) is 12.1 Å². The first kappa shape index (κ1) is 23.2. The van der Waals surface area contributed by atoms with Gasteiger partial charge in [0.15, 0.2) is 5.69 Å². The summed E-state index contributed by atoms with van der Waals surface area (Å²) < 4.78 is 38.2. The summed E-state index contributed by atoms with van der Waals surface area (Å²) >= 11 is 0. The Morgan fingerprint density at radius 1 is 1.09 bits per heavy atom. The number of hydrogen-bond acceptors (Lipinski definition) is 7. The van der Waals surface area contributed by atoms with E-state index in [0.29, 0.717) is 12.1 Å². The van der Waals surface area contributed by atoms with Crippen LogP contribution in [0.2, 0.25) is 0 Å². The van der Waals surface area contributed by atoms with Crippen molar-refractivity contribution < 1.29 is 27.7 Å². The fourth-order valence-corrected chi connectivity index (χ4v) is 2.86. The second-order valence-electron chi connectivity index (χ2n) is 6.61. The molecule has 0 aliphatic heterocycles. The van der Waals surface area contributed by atoms with Crippen molar-refractivity contribution in [3.8, 4) is 0 Å². The van der Waals surface area contributed by atoms with Crippen LogP contribution < -0.4 is 21.7 Å². The minimum atomic E-state index is -4.74. The number of fused-ring (bicyclic) bond motifs is 1. The van der Waals surface area contributed by atoms with Crippen molar-refractivity contribution >= 4 is 34.0 Å². The lowest BCUT2D eigenvalue weighted by atomic mass is 10.1. The van der Waals surface area contributed by atoms with Gasteiger partial charge < -0.3 is 5.32 Å². The average molecular weight is 464 g/mol. The maximum Gasteiger partial charge on any atom is 0.416 e. The number of aromatic nitrogens is 2. The molecule has 172 valence electrons. The Balaban J connectivity index is 1.58. The van der Waals surface area contributed by atoms with Crippen molar-refractivity contribution in [2.45, 2.75) is 12.6 Å². The number of H-pyrrole nitrogens is 1. The predicted octanol–water partition coefficient (Wildman–Crippen LogP) is 2.11. The molecule has 0 bridgehead atoms. The number of anilines is 1. The first-order chi connectivity index (χ1) is 15.6. The van der Waals surface area contributed by atoms with Gasteiger partial charge in [-0.15, -0.1) is 0 Å². The number of benzene rings is 2. The van der Waals surface area contributed by atoms with Crippen molar-refractivity contribution in [1.82, 2.24) is 21.0 Å². The highest BCUT2D eigenvalue weighted by atomic mass is 19.4. The molecule has 0 aliphatic carbocycles. The van der Waals surface area contributed by atoms with E-state index < -0.39 is 39.7 Å². The van der Waals surface area contributed by atoms with Crippen molar-refractivity contribution in [2.75, 3.05) is 11.9 Å². The van der Waals surface area contributed by atoms with Gasteiger partial charge in [0.1, 0.15) is 5.69 Å². The van der Waals surface area contributed by atoms with Gasteiger partial charge in [-0.3, -0.25) is 35.3 Å². The number of aromatic amines is 1. The van der Waals surface area contributed by atoms with E-state index in [0.717, 1.165) is 6.07 Å². The number of nitrogens with zero attached hydrogens (tertiary/aromatic N) is 2. The molecule has 0 fully saturated rings. The molecule has 0 radical (unpaired) electrons. The summed E-state index contributed by atoms with van der Waals surface area (Å²) in [6.07, 6.45) is -5.02. The molecular weight excluding hydrogens is 449 g/mol. The van der Waals surface area contributed by atoms with Crippen LogP contribution in [0.5, 0.6) is 0 Å². The summed E-state index contributed by atoms with van der Waals surface area (Å²) in [4.78, 5) is 46.1. The number of nitrogens with one attached hydrogen (secondary N) is 4. The van der Waals surface area contributed by atoms with E-state index in [1.165, 1.54) is 12.1 Å². The van der Waals surface area contributed by atoms with E-state index in [9.17, 15) is 37.7 Å². The number of rotatable bonds is 6. The molecule has 4 N–H and O–H groups in total. The fraction of sp³-hybridized carbons (Fsp3) is 0.158. The van der Waals surface area contributed by atoms with Crippen molar-refractivity contribution in [1.29, 1.82) is 0 Å². The molecule has 3 rings (SSSR count). The molecule has 0 aliphatic rings. The van der Waals surface area contributed by atoms with Crippen LogP contribution in [0.25, 0.3) is 10.8 Å². The number of halogens is 3. The van der Waals surface area contributed by atoms with E-state index in [-0.39, 0.29) is 35.1 Å². The molecule has 0 unspecified atom stereocenters. The average Bonchev–Trinajstić information content (AvgIpc) is 2.77. The molecular formula is C19H15F3N6O5. The molecule has 11 nitrogen and oxygen atoms in total. The Morgan fingerprint density at radius 3 is 2.45 bits per heavy atom. The Hall–Kier alpha value is -4.49. The molecule has 0 saturated carbocycles. The third kappa shape index (κ3) is 5.41. The van der Waals surface area contributed by atoms with Gasteiger partial charge in [-0.05, 0) is 18.2 Å². The summed E-state index contributed by atoms with van der Waals surface area (Å²) in [6.45, 7) is -0.173. The maximum absolute atomic E-state index is 12.7. The molecule has 2 aromatic carbocycles. The largest absolute Gasteiger partial charge is 0.416 e. The van der Waals surface area contributed by atoms with Gasteiger partial charge >= 0.3 is 6.18 Å². The smallest absolute Gasteiger partial charge is 0.379 e. The number of alkyl halides is 3. The van der Waals surface area contributed by atoms with Crippen molar-refractivity contribution in [2.24, 2.45) is 0 Å². The number of nitro benzene ring substituents is 1. The lowest BCUT2D eigenvalue weighted by Gasteiger charge is -2.11. The minimum Gasteiger partial charge on any atom is -0.379 e. The van der Waals surface area contributed by atoms with Gasteiger partial charge in [-0.2, -0.15) is 18.3 Å². The number of hydrazine groups is 1. The molecule has 33 heavy (non-hydrogen) atoms. The van der Waals surface area contributed by atoms with Gasteiger partial charge in [0, 0.05) is 24.4 Å². The van der Waals surface area contributed by atoms with Gasteiger partial charge in [0.2, 0.25) is 5.91 Å². The summed E-state index contributed by atoms with van der Waals surface area (Å²) in [5.74, 6) is -1.50. The molecule has 0 saturated heterocycles. The number of hydrogen-bond donors (Lipinski definition) is 4. The van der Waals surface area contributed by atoms with E-state index >= 15 is 0 Å². The Bertz CT molecular complexity index is 1290. The van der Waals surface area contributed by atoms with Crippen LogP contribution >= 0.6 is 0 Å². The van der Waals surface area contributed by atoms with Gasteiger partial charge in [-0.25, -0.2) is 5.10 Å². The van der Waals surface area contributed by atoms with E-state index in [1.807, 2.05) is 0 Å². The van der Waals surface area contributed by atoms with E-state index in [4.69, 9.17) is 0 Å². The standard InChI is InChI=1S/C19H15F3N6O5/c20-19(21,22)10-5-6-13(14(9-10)28(32)33)23-8-7-15(29)24-27-18(31)16-11-3-1-2-4-12(11)17(30)26-25-16/h1-6,9,23H,7-8H2,(H,24,29)(H,26,30)(H,27,31). The van der Waals surface area contributed by atoms with Gasteiger partial charge in [0.05, 0.1) is 15.9 Å². The Kier molecular flexibility index (Phi) is 6.56. The van der Waals surface area contributed by atoms with Crippen LogP contribution in [-0.4, -0.2) is 33.5 Å². The summed E-state index contributed by atoms with van der Waals surface area (Å²) in [5, 5.41) is 19.9. The minimum absolute atomic E-state index is 0.135. The first-order valence-corrected chi connectivity index (χ1v) is 9.24. The second-order valence-corrected chi connectivity index (χ2v) is 6.61. The fourth-order valence-electron chi connectivity index (χ4n) is 2.86. The third-order valence-electron chi connectivity index (χ3n) is 4.42. The molecule has 3 aromatic rings. The molecule has 14 heteroatoms. The number of nitro groups is 1. The van der Waals surface area contributed by atoms with Crippen LogP contribution in [0.4, 0.5) is 24.5 Å². The van der Waals surface area contributed by atoms with Crippen LogP contribution in [0.3, 0.4) is 0 Å². The SMILES string of the molecule is O=C(CCNc1ccc(C(F)(F)F)cc1[N+](=O)[O-])NNC(=O)c1n[nH]c(=O)c2ccccc12. The lowest BCUT2D eigenvalue weighted by Crippen LogP contribution is -2.42. The second kappa shape index (κ2) is 9.33. The van der Waals surface area contributed by atoms with Crippen molar-refractivity contribution in [3.05, 3.63) is 74.2 Å². The summed E-state index contributed by atoms with van der Waals surface area (Å²) in [7, 11) is 0. The zero-order valence-electron chi connectivity index (χ0n) is 16.5. The summed E-state index contributed by atoms with van der Waals surface area (Å²) in [5.41, 5.74) is 1.45. The van der Waals surface area contributed by atoms with Crippen LogP contribution in [0.15, 0.2) is 47.3 Å². The van der Waals surface area contributed by atoms with Gasteiger partial charge in [0.25, 0.3) is 17.2 Å². The zero-order chi connectivity index (χ0) is 24.2. The predicted molar refractivity (Wildman–Crippen MR) is 109 cm³/mol. The quantitative estimate of drug-likeness (QED) is 0.321. The lowest BCUT2D eigenvalue weighted by molar-refractivity contribution is -0.384. The highest BCUT2D eigenvalue weighted by Gasteiger charge is 2.33. The topological polar surface area (TPSA) is 159 Å². The molecule has 1 heterocycles. The highest BCUT2D eigenvalue weighted by molar-refractivity contribution is 6.05. The normalized spacial score (nSPS) is 11.1.